The average molecular weight is 275 g/mol. The Morgan fingerprint density at radius 2 is 1.38 bits per heavy atom. The Morgan fingerprint density at radius 1 is 0.875 bits per heavy atom. The second kappa shape index (κ2) is 4.06. The summed E-state index contributed by atoms with van der Waals surface area (Å²) in [5.41, 5.74) is 2.62. The Kier molecular flexibility index (Phi) is 2.56. The van der Waals surface area contributed by atoms with Crippen LogP contribution in [0.1, 0.15) is 17.0 Å². The molecule has 0 spiro atoms. The minimum atomic E-state index is 0.169. The van der Waals surface area contributed by atoms with E-state index in [9.17, 15) is 5.11 Å². The van der Waals surface area contributed by atoms with E-state index in [1.165, 1.54) is 20.1 Å². The summed E-state index contributed by atoms with van der Waals surface area (Å²) in [7, 11) is 0. The summed E-state index contributed by atoms with van der Waals surface area (Å²) in [6.45, 7) is 0.199. The van der Waals surface area contributed by atoms with Gasteiger partial charge >= 0.3 is 101 Å². The van der Waals surface area contributed by atoms with Gasteiger partial charge in [0.2, 0.25) is 0 Å². The van der Waals surface area contributed by atoms with Gasteiger partial charge in [-0.1, -0.05) is 0 Å². The number of aliphatic hydroxyl groups excluding tert-OH is 1. The third-order valence-corrected chi connectivity index (χ3v) is 5.47. The van der Waals surface area contributed by atoms with Crippen LogP contribution < -0.4 is 8.92 Å². The first-order valence-electron chi connectivity index (χ1n) is 5.36. The monoisotopic (exact) mass is 276 g/mol. The molecule has 1 heterocycles. The van der Waals surface area contributed by atoms with Crippen LogP contribution in [0.3, 0.4) is 0 Å². The SMILES string of the molecule is OCC1c2ccccc2[Se]c2ccccc21. The van der Waals surface area contributed by atoms with Gasteiger partial charge in [-0.3, -0.25) is 0 Å². The molecule has 0 radical (unpaired) electrons. The van der Waals surface area contributed by atoms with Crippen LogP contribution >= 0.6 is 0 Å². The molecule has 2 aromatic carbocycles. The van der Waals surface area contributed by atoms with E-state index in [4.69, 9.17) is 0 Å². The van der Waals surface area contributed by atoms with Gasteiger partial charge in [0.15, 0.2) is 0 Å². The zero-order valence-corrected chi connectivity index (χ0v) is 10.5. The van der Waals surface area contributed by atoms with Gasteiger partial charge < -0.3 is 0 Å². The third-order valence-electron chi connectivity index (χ3n) is 2.99. The van der Waals surface area contributed by atoms with Gasteiger partial charge in [-0.25, -0.2) is 0 Å². The van der Waals surface area contributed by atoms with E-state index in [0.29, 0.717) is 15.0 Å². The summed E-state index contributed by atoms with van der Waals surface area (Å²) < 4.78 is 2.82. The van der Waals surface area contributed by atoms with E-state index in [2.05, 4.69) is 48.5 Å². The molecule has 3 rings (SSSR count). The molecule has 0 fully saturated rings. The summed E-state index contributed by atoms with van der Waals surface area (Å²) >= 11 is 0.388. The standard InChI is InChI=1S/C14H12OSe/c15-9-12-10-5-1-3-7-13(10)16-14-8-4-2-6-11(12)14/h1-8,12,15H,9H2. The van der Waals surface area contributed by atoms with E-state index in [0.717, 1.165) is 0 Å². The second-order valence-corrected chi connectivity index (χ2v) is 6.19. The molecule has 2 heteroatoms. The Labute approximate surface area is 101 Å². The van der Waals surface area contributed by atoms with Gasteiger partial charge in [0.05, 0.1) is 0 Å². The number of aliphatic hydroxyl groups is 1. The molecule has 0 bridgehead atoms. The van der Waals surface area contributed by atoms with Gasteiger partial charge in [-0.15, -0.1) is 0 Å². The van der Waals surface area contributed by atoms with E-state index in [1.54, 1.807) is 0 Å². The van der Waals surface area contributed by atoms with Crippen LogP contribution in [0.4, 0.5) is 0 Å². The maximum atomic E-state index is 9.59. The Hall–Kier alpha value is -1.08. The zero-order chi connectivity index (χ0) is 11.0. The molecule has 80 valence electrons. The summed E-state index contributed by atoms with van der Waals surface area (Å²) in [6.07, 6.45) is 0. The molecular weight excluding hydrogens is 263 g/mol. The van der Waals surface area contributed by atoms with Crippen LogP contribution in [0.2, 0.25) is 0 Å². The van der Waals surface area contributed by atoms with Crippen molar-refractivity contribution in [2.75, 3.05) is 6.61 Å². The number of fused-ring (bicyclic) bond motifs is 2. The molecule has 16 heavy (non-hydrogen) atoms. The molecule has 1 nitrogen and oxygen atoms in total. The van der Waals surface area contributed by atoms with E-state index >= 15 is 0 Å². The molecule has 0 saturated heterocycles. The number of hydrogen-bond donors (Lipinski definition) is 1. The van der Waals surface area contributed by atoms with Gasteiger partial charge in [0, 0.05) is 0 Å². The Morgan fingerprint density at radius 3 is 1.88 bits per heavy atom. The van der Waals surface area contributed by atoms with E-state index < -0.39 is 0 Å². The molecular formula is C14H12OSe. The minimum absolute atomic E-state index is 0.169. The molecule has 0 unspecified atom stereocenters. The van der Waals surface area contributed by atoms with Crippen molar-refractivity contribution >= 4 is 23.9 Å². The van der Waals surface area contributed by atoms with Crippen LogP contribution in [-0.4, -0.2) is 26.7 Å². The molecule has 0 saturated carbocycles. The van der Waals surface area contributed by atoms with Crippen LogP contribution in [0.5, 0.6) is 0 Å². The van der Waals surface area contributed by atoms with E-state index in [-0.39, 0.29) is 12.5 Å². The molecule has 1 aliphatic rings. The molecule has 1 N–H and O–H groups in total. The van der Waals surface area contributed by atoms with Crippen molar-refractivity contribution in [1.29, 1.82) is 0 Å². The average Bonchev–Trinajstić information content (AvgIpc) is 2.36. The quantitative estimate of drug-likeness (QED) is 0.763. The number of rotatable bonds is 1. The predicted octanol–water partition coefficient (Wildman–Crippen LogP) is 0.779. The molecule has 1 aliphatic heterocycles. The molecule has 0 atom stereocenters. The summed E-state index contributed by atoms with van der Waals surface area (Å²) in [6, 6.07) is 17.0. The Bertz CT molecular complexity index is 476. The van der Waals surface area contributed by atoms with Gasteiger partial charge in [0.1, 0.15) is 0 Å². The van der Waals surface area contributed by atoms with Crippen LogP contribution in [-0.2, 0) is 0 Å². The maximum absolute atomic E-state index is 9.59. The van der Waals surface area contributed by atoms with Gasteiger partial charge in [-0.05, 0) is 0 Å². The number of hydrogen-bond acceptors (Lipinski definition) is 1. The van der Waals surface area contributed by atoms with Gasteiger partial charge in [-0.2, -0.15) is 0 Å². The molecule has 0 amide bonds. The number of benzene rings is 2. The fourth-order valence-electron chi connectivity index (χ4n) is 2.21. The van der Waals surface area contributed by atoms with E-state index in [1.807, 2.05) is 0 Å². The summed E-state index contributed by atoms with van der Waals surface area (Å²) in [5.74, 6) is 0.169. The first kappa shape index (κ1) is 10.1. The van der Waals surface area contributed by atoms with Gasteiger partial charge in [0.25, 0.3) is 0 Å². The molecule has 0 aromatic heterocycles. The van der Waals surface area contributed by atoms with Crippen molar-refractivity contribution in [2.24, 2.45) is 0 Å². The van der Waals surface area contributed by atoms with Crippen LogP contribution in [0.15, 0.2) is 48.5 Å². The summed E-state index contributed by atoms with van der Waals surface area (Å²) in [4.78, 5) is 0. The first-order valence-corrected chi connectivity index (χ1v) is 7.08. The summed E-state index contributed by atoms with van der Waals surface area (Å²) in [5, 5.41) is 9.59. The predicted molar refractivity (Wildman–Crippen MR) is 66.8 cm³/mol. The first-order chi connectivity index (χ1) is 7.90. The molecule has 2 aromatic rings. The zero-order valence-electron chi connectivity index (χ0n) is 8.76. The Balaban J connectivity index is 2.19. The van der Waals surface area contributed by atoms with Crippen LogP contribution in [0, 0.1) is 0 Å². The van der Waals surface area contributed by atoms with Crippen molar-refractivity contribution in [3.05, 3.63) is 59.7 Å². The van der Waals surface area contributed by atoms with Crippen molar-refractivity contribution in [3.8, 4) is 0 Å². The third kappa shape index (κ3) is 1.51. The fourth-order valence-corrected chi connectivity index (χ4v) is 4.69. The fraction of sp³-hybridized carbons (Fsp3) is 0.143. The molecule has 0 aliphatic carbocycles. The van der Waals surface area contributed by atoms with Crippen molar-refractivity contribution in [2.45, 2.75) is 5.92 Å². The topological polar surface area (TPSA) is 20.2 Å². The van der Waals surface area contributed by atoms with Crippen LogP contribution in [0.25, 0.3) is 0 Å². The van der Waals surface area contributed by atoms with Crippen molar-refractivity contribution < 1.29 is 5.11 Å². The van der Waals surface area contributed by atoms with Crippen molar-refractivity contribution in [3.63, 3.8) is 0 Å². The second-order valence-electron chi connectivity index (χ2n) is 3.91. The normalized spacial score (nSPS) is 14.3. The van der Waals surface area contributed by atoms with Crippen molar-refractivity contribution in [1.82, 2.24) is 0 Å².